The Balaban J connectivity index is 2.40. The second-order valence-corrected chi connectivity index (χ2v) is 5.92. The van der Waals surface area contributed by atoms with Crippen LogP contribution < -0.4 is 10.6 Å². The van der Waals surface area contributed by atoms with Crippen LogP contribution in [0.4, 0.5) is 20.9 Å². The first-order valence-electron chi connectivity index (χ1n) is 5.48. The van der Waals surface area contributed by atoms with Crippen molar-refractivity contribution in [3.05, 3.63) is 28.3 Å². The van der Waals surface area contributed by atoms with Crippen LogP contribution in [-0.2, 0) is 15.0 Å². The molecule has 20 heavy (non-hydrogen) atoms. The minimum absolute atomic E-state index is 0.00958. The monoisotopic (exact) mass is 303 g/mol. The topological polar surface area (TPSA) is 124 Å². The van der Waals surface area contributed by atoms with Crippen molar-refractivity contribution in [2.24, 2.45) is 0 Å². The average Bonchev–Trinajstić information content (AvgIpc) is 2.71. The molecule has 2 rings (SSSR count). The van der Waals surface area contributed by atoms with Gasteiger partial charge in [0.25, 0.3) is 5.69 Å². The van der Waals surface area contributed by atoms with Gasteiger partial charge in [-0.3, -0.25) is 14.9 Å². The number of benzene rings is 1. The molecule has 0 bridgehead atoms. The number of carbonyl (C=O) groups excluding carboxylic acids is 1. The number of amides is 1. The van der Waals surface area contributed by atoms with Crippen LogP contribution in [0.1, 0.15) is 6.42 Å². The van der Waals surface area contributed by atoms with Crippen molar-refractivity contribution in [2.45, 2.75) is 11.7 Å². The van der Waals surface area contributed by atoms with Gasteiger partial charge < -0.3 is 10.6 Å². The number of hydrogen-bond acceptors (Lipinski definition) is 6. The third kappa shape index (κ3) is 2.54. The molecule has 2 N–H and O–H groups in total. The van der Waals surface area contributed by atoms with E-state index in [1.165, 1.54) is 6.07 Å². The van der Waals surface area contributed by atoms with Crippen molar-refractivity contribution in [3.63, 3.8) is 0 Å². The second kappa shape index (κ2) is 4.71. The Morgan fingerprint density at radius 3 is 2.60 bits per heavy atom. The molecule has 1 fully saturated rings. The molecule has 0 aliphatic carbocycles. The summed E-state index contributed by atoms with van der Waals surface area (Å²) in [6, 6.07) is 3.45. The van der Waals surface area contributed by atoms with Crippen molar-refractivity contribution >= 4 is 33.2 Å². The summed E-state index contributed by atoms with van der Waals surface area (Å²) in [7, 11) is -4.85. The van der Waals surface area contributed by atoms with E-state index in [9.17, 15) is 27.2 Å². The Morgan fingerprint density at radius 2 is 2.10 bits per heavy atom. The van der Waals surface area contributed by atoms with E-state index in [1.807, 2.05) is 0 Å². The summed E-state index contributed by atoms with van der Waals surface area (Å²) in [4.78, 5) is 22.7. The zero-order valence-corrected chi connectivity index (χ0v) is 10.8. The summed E-state index contributed by atoms with van der Waals surface area (Å²) < 4.78 is 34.6. The smallest absolute Gasteiger partial charge is 0.307 e. The number of non-ortho nitro benzene ring substituents is 1. The van der Waals surface area contributed by atoms with Gasteiger partial charge in [-0.15, -0.1) is 3.89 Å². The number of anilines is 2. The maximum Gasteiger partial charge on any atom is 0.307 e. The summed E-state index contributed by atoms with van der Waals surface area (Å²) >= 11 is 0. The van der Waals surface area contributed by atoms with Gasteiger partial charge in [0, 0.05) is 25.1 Å². The normalized spacial score (nSPS) is 19.4. The predicted octanol–water partition coefficient (Wildman–Crippen LogP) is 0.582. The quantitative estimate of drug-likeness (QED) is 0.377. The molecule has 0 spiro atoms. The van der Waals surface area contributed by atoms with Crippen LogP contribution in [-0.4, -0.2) is 31.0 Å². The summed E-state index contributed by atoms with van der Waals surface area (Å²) in [5.41, 5.74) is 5.41. The molecule has 0 saturated carbocycles. The predicted molar refractivity (Wildman–Crippen MR) is 68.3 cm³/mol. The van der Waals surface area contributed by atoms with Crippen molar-refractivity contribution in [3.8, 4) is 0 Å². The van der Waals surface area contributed by atoms with Gasteiger partial charge in [0.15, 0.2) is 0 Å². The van der Waals surface area contributed by atoms with Gasteiger partial charge in [-0.05, 0) is 6.07 Å². The van der Waals surface area contributed by atoms with Crippen molar-refractivity contribution in [2.75, 3.05) is 17.2 Å². The van der Waals surface area contributed by atoms with E-state index in [2.05, 4.69) is 0 Å². The Kier molecular flexibility index (Phi) is 3.34. The van der Waals surface area contributed by atoms with E-state index >= 15 is 0 Å². The molecule has 1 heterocycles. The van der Waals surface area contributed by atoms with E-state index in [1.54, 1.807) is 0 Å². The number of hydrogen-bond donors (Lipinski definition) is 1. The first-order chi connectivity index (χ1) is 9.20. The van der Waals surface area contributed by atoms with E-state index < -0.39 is 39.3 Å². The zero-order valence-electron chi connectivity index (χ0n) is 10.0. The Labute approximate surface area is 113 Å². The Hall–Kier alpha value is -2.23. The van der Waals surface area contributed by atoms with Crippen molar-refractivity contribution < 1.29 is 22.0 Å². The number of halogens is 1. The lowest BCUT2D eigenvalue weighted by molar-refractivity contribution is -0.384. The Bertz CT molecular complexity index is 690. The fraction of sp³-hybridized carbons (Fsp3) is 0.300. The number of nitro groups is 1. The molecule has 1 unspecified atom stereocenters. The van der Waals surface area contributed by atoms with Crippen LogP contribution in [0.3, 0.4) is 0 Å². The number of carbonyl (C=O) groups is 1. The second-order valence-electron chi connectivity index (χ2n) is 4.31. The van der Waals surface area contributed by atoms with Crippen molar-refractivity contribution in [1.82, 2.24) is 0 Å². The van der Waals surface area contributed by atoms with Gasteiger partial charge in [0.1, 0.15) is 5.25 Å². The molecule has 1 atom stereocenters. The lowest BCUT2D eigenvalue weighted by atomic mass is 10.2. The molecule has 10 heteroatoms. The van der Waals surface area contributed by atoms with Gasteiger partial charge in [0.2, 0.25) is 5.91 Å². The van der Waals surface area contributed by atoms with E-state index in [0.29, 0.717) is 0 Å². The van der Waals surface area contributed by atoms with Crippen LogP contribution in [0.2, 0.25) is 0 Å². The fourth-order valence-electron chi connectivity index (χ4n) is 1.98. The molecule has 0 aromatic heterocycles. The number of nitrogens with two attached hydrogens (primary N) is 1. The highest BCUT2D eigenvalue weighted by Gasteiger charge is 2.39. The minimum atomic E-state index is -4.85. The van der Waals surface area contributed by atoms with Crippen LogP contribution in [0.5, 0.6) is 0 Å². The molecular formula is C10H10FN3O5S. The maximum atomic E-state index is 12.9. The number of nitrogens with zero attached hydrogens (tertiary/aromatic N) is 2. The molecule has 1 aromatic rings. The third-order valence-corrected chi connectivity index (χ3v) is 4.12. The van der Waals surface area contributed by atoms with Gasteiger partial charge in [-0.2, -0.15) is 8.42 Å². The Morgan fingerprint density at radius 1 is 1.45 bits per heavy atom. The van der Waals surface area contributed by atoms with Crippen LogP contribution >= 0.6 is 0 Å². The first-order valence-corrected chi connectivity index (χ1v) is 6.92. The zero-order chi connectivity index (χ0) is 15.1. The molecular weight excluding hydrogens is 293 g/mol. The molecule has 1 aliphatic heterocycles. The van der Waals surface area contributed by atoms with Gasteiger partial charge in [-0.25, -0.2) is 0 Å². The van der Waals surface area contributed by atoms with E-state index in [4.69, 9.17) is 5.73 Å². The molecule has 0 radical (unpaired) electrons. The molecule has 1 aromatic carbocycles. The van der Waals surface area contributed by atoms with Crippen LogP contribution in [0.25, 0.3) is 0 Å². The standard InChI is InChI=1S/C10H10FN3O5S/c11-20(18,19)7-4-10(15)13(5-7)9-3-6(14(16)17)1-2-8(9)12/h1-3,7H,4-5,12H2. The van der Waals surface area contributed by atoms with Crippen LogP contribution in [0.15, 0.2) is 18.2 Å². The lowest BCUT2D eigenvalue weighted by Gasteiger charge is -2.17. The summed E-state index contributed by atoms with van der Waals surface area (Å²) in [5, 5.41) is 9.21. The average molecular weight is 303 g/mol. The van der Waals surface area contributed by atoms with Gasteiger partial charge in [-0.1, -0.05) is 0 Å². The minimum Gasteiger partial charge on any atom is -0.397 e. The van der Waals surface area contributed by atoms with Gasteiger partial charge >= 0.3 is 10.2 Å². The maximum absolute atomic E-state index is 12.9. The molecule has 1 aliphatic rings. The van der Waals surface area contributed by atoms with E-state index in [-0.39, 0.29) is 17.1 Å². The third-order valence-electron chi connectivity index (χ3n) is 3.00. The number of rotatable bonds is 3. The fourth-order valence-corrected chi connectivity index (χ4v) is 2.64. The SMILES string of the molecule is Nc1ccc([N+](=O)[O-])cc1N1CC(S(=O)(=O)F)CC1=O. The summed E-state index contributed by atoms with van der Waals surface area (Å²) in [6.45, 7) is -0.414. The molecule has 8 nitrogen and oxygen atoms in total. The highest BCUT2D eigenvalue weighted by Crippen LogP contribution is 2.32. The van der Waals surface area contributed by atoms with Crippen LogP contribution in [0, 0.1) is 10.1 Å². The molecule has 1 saturated heterocycles. The molecule has 108 valence electrons. The largest absolute Gasteiger partial charge is 0.397 e. The van der Waals surface area contributed by atoms with Crippen molar-refractivity contribution in [1.29, 1.82) is 0 Å². The molecule has 1 amide bonds. The lowest BCUT2D eigenvalue weighted by Crippen LogP contribution is -2.27. The number of nitro benzene ring substituents is 1. The summed E-state index contributed by atoms with van der Waals surface area (Å²) in [5.74, 6) is -0.650. The van der Waals surface area contributed by atoms with E-state index in [0.717, 1.165) is 17.0 Å². The summed E-state index contributed by atoms with van der Waals surface area (Å²) in [6.07, 6.45) is -0.513. The highest BCUT2D eigenvalue weighted by molar-refractivity contribution is 7.87. The number of nitrogen functional groups attached to an aromatic ring is 1. The highest BCUT2D eigenvalue weighted by atomic mass is 32.3. The van der Waals surface area contributed by atoms with Gasteiger partial charge in [0.05, 0.1) is 16.3 Å². The first kappa shape index (κ1) is 14.2.